The lowest BCUT2D eigenvalue weighted by Crippen LogP contribution is -2.35. The highest BCUT2D eigenvalue weighted by molar-refractivity contribution is 5.98. The summed E-state index contributed by atoms with van der Waals surface area (Å²) in [5.41, 5.74) is 5.75. The number of aromatic nitrogens is 3. The quantitative estimate of drug-likeness (QED) is 0.491. The van der Waals surface area contributed by atoms with Crippen LogP contribution in [0.25, 0.3) is 33.5 Å². The van der Waals surface area contributed by atoms with Crippen LogP contribution in [0, 0.1) is 0 Å². The number of rotatable bonds is 3. The van der Waals surface area contributed by atoms with E-state index in [0.717, 1.165) is 59.5 Å². The minimum absolute atomic E-state index is 0.0796. The first-order chi connectivity index (χ1) is 14.8. The van der Waals surface area contributed by atoms with Gasteiger partial charge in [0.2, 0.25) is 0 Å². The van der Waals surface area contributed by atoms with E-state index in [0.29, 0.717) is 5.56 Å². The molecule has 0 radical (unpaired) electrons. The van der Waals surface area contributed by atoms with Gasteiger partial charge in [-0.25, -0.2) is 9.97 Å². The molecule has 0 saturated carbocycles. The maximum absolute atomic E-state index is 13.0. The Hall–Kier alpha value is -3.60. The molecular weight excluding hydrogens is 372 g/mol. The summed E-state index contributed by atoms with van der Waals surface area (Å²) < 4.78 is 0. The molecule has 1 amide bonds. The molecule has 1 aliphatic heterocycles. The lowest BCUT2D eigenvalue weighted by Gasteiger charge is -2.26. The zero-order valence-electron chi connectivity index (χ0n) is 16.7. The molecule has 0 bridgehead atoms. The molecule has 148 valence electrons. The summed E-state index contributed by atoms with van der Waals surface area (Å²) in [6.45, 7) is 1.66. The Morgan fingerprint density at radius 3 is 2.13 bits per heavy atom. The van der Waals surface area contributed by atoms with Crippen molar-refractivity contribution in [1.29, 1.82) is 0 Å². The van der Waals surface area contributed by atoms with E-state index in [2.05, 4.69) is 4.98 Å². The molecule has 0 N–H and O–H groups in total. The van der Waals surface area contributed by atoms with Crippen molar-refractivity contribution in [3.8, 4) is 22.5 Å². The third-order valence-corrected chi connectivity index (χ3v) is 5.56. The Labute approximate surface area is 175 Å². The lowest BCUT2D eigenvalue weighted by atomic mass is 10.0. The number of carbonyl (C=O) groups excluding carboxylic acids is 1. The fourth-order valence-corrected chi connectivity index (χ4v) is 3.98. The first kappa shape index (κ1) is 18.4. The summed E-state index contributed by atoms with van der Waals surface area (Å²) >= 11 is 0. The van der Waals surface area contributed by atoms with Gasteiger partial charge in [-0.3, -0.25) is 9.78 Å². The SMILES string of the molecule is O=C(c1ccc2nc(-c3ccccc3)c(-c3ccncc3)nc2c1)N1CCCCC1. The summed E-state index contributed by atoms with van der Waals surface area (Å²) in [4.78, 5) is 28.9. The zero-order chi connectivity index (χ0) is 20.3. The van der Waals surface area contributed by atoms with Crippen LogP contribution < -0.4 is 0 Å². The Morgan fingerprint density at radius 1 is 0.733 bits per heavy atom. The Bertz CT molecular complexity index is 1190. The molecule has 5 rings (SSSR count). The van der Waals surface area contributed by atoms with Crippen molar-refractivity contribution in [2.45, 2.75) is 19.3 Å². The van der Waals surface area contributed by atoms with Gasteiger partial charge < -0.3 is 4.90 Å². The van der Waals surface area contributed by atoms with Crippen molar-refractivity contribution >= 4 is 16.9 Å². The Balaban J connectivity index is 1.63. The molecule has 30 heavy (non-hydrogen) atoms. The highest BCUT2D eigenvalue weighted by Gasteiger charge is 2.19. The number of nitrogens with zero attached hydrogens (tertiary/aromatic N) is 4. The Morgan fingerprint density at radius 2 is 1.40 bits per heavy atom. The number of pyridine rings is 1. The van der Waals surface area contributed by atoms with Crippen LogP contribution in [0.5, 0.6) is 0 Å². The molecule has 2 aromatic carbocycles. The van der Waals surface area contributed by atoms with E-state index in [4.69, 9.17) is 9.97 Å². The van der Waals surface area contributed by atoms with E-state index in [-0.39, 0.29) is 5.91 Å². The number of hydrogen-bond acceptors (Lipinski definition) is 4. The molecule has 5 heteroatoms. The van der Waals surface area contributed by atoms with Crippen LogP contribution in [0.1, 0.15) is 29.6 Å². The number of piperidine rings is 1. The van der Waals surface area contributed by atoms with E-state index < -0.39 is 0 Å². The molecule has 0 aliphatic carbocycles. The summed E-state index contributed by atoms with van der Waals surface area (Å²) in [6.07, 6.45) is 6.86. The average Bonchev–Trinajstić information content (AvgIpc) is 2.84. The molecule has 1 fully saturated rings. The number of carbonyl (C=O) groups is 1. The molecule has 5 nitrogen and oxygen atoms in total. The Kier molecular flexibility index (Phi) is 4.93. The molecule has 0 spiro atoms. The van der Waals surface area contributed by atoms with Gasteiger partial charge in [0, 0.05) is 42.2 Å². The van der Waals surface area contributed by atoms with E-state index in [1.807, 2.05) is 65.6 Å². The first-order valence-corrected chi connectivity index (χ1v) is 10.4. The van der Waals surface area contributed by atoms with Crippen molar-refractivity contribution < 1.29 is 4.79 Å². The molecule has 0 unspecified atom stereocenters. The molecule has 2 aromatic heterocycles. The van der Waals surface area contributed by atoms with Crippen molar-refractivity contribution in [2.24, 2.45) is 0 Å². The second-order valence-corrected chi connectivity index (χ2v) is 7.58. The minimum atomic E-state index is 0.0796. The molecule has 4 aromatic rings. The highest BCUT2D eigenvalue weighted by Crippen LogP contribution is 2.31. The summed E-state index contributed by atoms with van der Waals surface area (Å²) in [7, 11) is 0. The lowest BCUT2D eigenvalue weighted by molar-refractivity contribution is 0.0724. The van der Waals surface area contributed by atoms with Crippen molar-refractivity contribution in [1.82, 2.24) is 19.9 Å². The predicted octanol–water partition coefficient (Wildman–Crippen LogP) is 4.98. The second-order valence-electron chi connectivity index (χ2n) is 7.58. The maximum Gasteiger partial charge on any atom is 0.253 e. The number of fused-ring (bicyclic) bond motifs is 1. The summed E-state index contributed by atoms with van der Waals surface area (Å²) in [5.74, 6) is 0.0796. The fraction of sp³-hybridized carbons (Fsp3) is 0.200. The average molecular weight is 394 g/mol. The smallest absolute Gasteiger partial charge is 0.253 e. The molecule has 0 atom stereocenters. The van der Waals surface area contributed by atoms with Gasteiger partial charge in [-0.2, -0.15) is 0 Å². The summed E-state index contributed by atoms with van der Waals surface area (Å²) in [5, 5.41) is 0. The van der Waals surface area contributed by atoms with E-state index >= 15 is 0 Å². The van der Waals surface area contributed by atoms with Crippen molar-refractivity contribution in [3.05, 3.63) is 78.6 Å². The number of benzene rings is 2. The molecular formula is C25H22N4O. The second kappa shape index (κ2) is 8.03. The van der Waals surface area contributed by atoms with Gasteiger partial charge in [-0.1, -0.05) is 30.3 Å². The van der Waals surface area contributed by atoms with Gasteiger partial charge in [0.1, 0.15) is 0 Å². The molecule has 1 aliphatic rings. The predicted molar refractivity (Wildman–Crippen MR) is 118 cm³/mol. The van der Waals surface area contributed by atoms with Crippen molar-refractivity contribution in [2.75, 3.05) is 13.1 Å². The van der Waals surface area contributed by atoms with Crippen LogP contribution in [0.2, 0.25) is 0 Å². The van der Waals surface area contributed by atoms with E-state index in [9.17, 15) is 4.79 Å². The topological polar surface area (TPSA) is 59.0 Å². The third-order valence-electron chi connectivity index (χ3n) is 5.56. The largest absolute Gasteiger partial charge is 0.339 e. The van der Waals surface area contributed by atoms with Crippen LogP contribution in [-0.4, -0.2) is 38.8 Å². The van der Waals surface area contributed by atoms with E-state index in [1.165, 1.54) is 6.42 Å². The van der Waals surface area contributed by atoms with Gasteiger partial charge >= 0.3 is 0 Å². The third kappa shape index (κ3) is 3.54. The zero-order valence-corrected chi connectivity index (χ0v) is 16.7. The van der Waals surface area contributed by atoms with Crippen LogP contribution in [0.3, 0.4) is 0 Å². The number of likely N-dealkylation sites (tertiary alicyclic amines) is 1. The normalized spacial score (nSPS) is 14.1. The number of hydrogen-bond donors (Lipinski definition) is 0. The van der Waals surface area contributed by atoms with Gasteiger partial charge in [-0.05, 0) is 49.6 Å². The minimum Gasteiger partial charge on any atom is -0.339 e. The van der Waals surface area contributed by atoms with Gasteiger partial charge in [0.15, 0.2) is 0 Å². The number of amides is 1. The first-order valence-electron chi connectivity index (χ1n) is 10.4. The molecule has 3 heterocycles. The molecule has 1 saturated heterocycles. The van der Waals surface area contributed by atoms with Crippen LogP contribution >= 0.6 is 0 Å². The fourth-order valence-electron chi connectivity index (χ4n) is 3.98. The van der Waals surface area contributed by atoms with Gasteiger partial charge in [0.05, 0.1) is 22.4 Å². The standard InChI is InChI=1S/C25H22N4O/c30-25(29-15-5-2-6-16-29)20-9-10-21-22(17-20)28-24(19-11-13-26-14-12-19)23(27-21)18-7-3-1-4-8-18/h1,3-4,7-14,17H,2,5-6,15-16H2. The van der Waals surface area contributed by atoms with Crippen LogP contribution in [-0.2, 0) is 0 Å². The van der Waals surface area contributed by atoms with Gasteiger partial charge in [-0.15, -0.1) is 0 Å². The van der Waals surface area contributed by atoms with Gasteiger partial charge in [0.25, 0.3) is 5.91 Å². The van der Waals surface area contributed by atoms with Crippen molar-refractivity contribution in [3.63, 3.8) is 0 Å². The summed E-state index contributed by atoms with van der Waals surface area (Å²) in [6, 6.07) is 19.6. The van der Waals surface area contributed by atoms with Crippen LogP contribution in [0.4, 0.5) is 0 Å². The monoisotopic (exact) mass is 394 g/mol. The van der Waals surface area contributed by atoms with E-state index in [1.54, 1.807) is 12.4 Å². The highest BCUT2D eigenvalue weighted by atomic mass is 16.2. The maximum atomic E-state index is 13.0. The van der Waals surface area contributed by atoms with Crippen LogP contribution in [0.15, 0.2) is 73.1 Å².